The molecule has 0 saturated heterocycles. The second-order valence-electron chi connectivity index (χ2n) is 4.35. The van der Waals surface area contributed by atoms with Crippen LogP contribution in [-0.2, 0) is 6.54 Å². The molecule has 2 rings (SSSR count). The number of benzene rings is 1. The van der Waals surface area contributed by atoms with Crippen LogP contribution in [0.5, 0.6) is 0 Å². The van der Waals surface area contributed by atoms with Gasteiger partial charge in [0, 0.05) is 32.5 Å². The van der Waals surface area contributed by atoms with Gasteiger partial charge in [-0.2, -0.15) is 0 Å². The average molecular weight is 415 g/mol. The first-order valence-corrected chi connectivity index (χ1v) is 6.56. The number of nitrogens with one attached hydrogen (secondary N) is 2. The number of aromatic nitrogens is 2. The Morgan fingerprint density at radius 2 is 2.27 bits per heavy atom. The lowest BCUT2D eigenvalue weighted by atomic mass is 10.2. The summed E-state index contributed by atoms with van der Waals surface area (Å²) in [6.07, 6.45) is 6.63. The van der Waals surface area contributed by atoms with Crippen LogP contribution in [0.15, 0.2) is 54.6 Å². The van der Waals surface area contributed by atoms with E-state index in [4.69, 9.17) is 0 Å². The Kier molecular flexibility index (Phi) is 7.58. The Hall–Kier alpha value is -1.90. The van der Waals surface area contributed by atoms with Gasteiger partial charge in [-0.25, -0.2) is 9.37 Å². The number of halogens is 2. The van der Waals surface area contributed by atoms with Crippen molar-refractivity contribution in [1.82, 2.24) is 20.2 Å². The minimum atomic E-state index is -0.290. The topological polar surface area (TPSA) is 54.2 Å². The highest BCUT2D eigenvalue weighted by atomic mass is 127. The predicted octanol–water partition coefficient (Wildman–Crippen LogP) is 2.48. The SMILES string of the molecule is C=CCNC(=NC)NCc1ccc(-n2ccnc2)c(F)c1.I. The van der Waals surface area contributed by atoms with Gasteiger partial charge in [-0.15, -0.1) is 30.6 Å². The minimum absolute atomic E-state index is 0. The highest BCUT2D eigenvalue weighted by Gasteiger charge is 2.05. The third-order valence-electron chi connectivity index (χ3n) is 2.89. The van der Waals surface area contributed by atoms with E-state index in [1.54, 1.807) is 42.5 Å². The maximum absolute atomic E-state index is 14.1. The quantitative estimate of drug-likeness (QED) is 0.342. The largest absolute Gasteiger partial charge is 0.353 e. The van der Waals surface area contributed by atoms with Crippen molar-refractivity contribution < 1.29 is 4.39 Å². The zero-order chi connectivity index (χ0) is 15.1. The van der Waals surface area contributed by atoms with Gasteiger partial charge in [-0.1, -0.05) is 12.1 Å². The Morgan fingerprint density at radius 1 is 1.45 bits per heavy atom. The molecule has 0 aliphatic heterocycles. The van der Waals surface area contributed by atoms with Gasteiger partial charge in [-0.3, -0.25) is 4.99 Å². The van der Waals surface area contributed by atoms with Crippen molar-refractivity contribution in [1.29, 1.82) is 0 Å². The van der Waals surface area contributed by atoms with Crippen molar-refractivity contribution >= 4 is 29.9 Å². The van der Waals surface area contributed by atoms with Crippen LogP contribution in [0.2, 0.25) is 0 Å². The van der Waals surface area contributed by atoms with E-state index in [-0.39, 0.29) is 29.8 Å². The molecule has 22 heavy (non-hydrogen) atoms. The summed E-state index contributed by atoms with van der Waals surface area (Å²) in [5, 5.41) is 6.16. The first kappa shape index (κ1) is 18.1. The monoisotopic (exact) mass is 415 g/mol. The molecule has 0 radical (unpaired) electrons. The molecule has 0 amide bonds. The molecule has 0 atom stereocenters. The molecule has 0 aliphatic rings. The maximum Gasteiger partial charge on any atom is 0.191 e. The Bertz CT molecular complexity index is 625. The predicted molar refractivity (Wildman–Crippen MR) is 97.3 cm³/mol. The van der Waals surface area contributed by atoms with Crippen molar-refractivity contribution in [2.24, 2.45) is 4.99 Å². The molecule has 1 aromatic heterocycles. The number of imidazole rings is 1. The molecule has 2 N–H and O–H groups in total. The van der Waals surface area contributed by atoms with E-state index in [0.717, 1.165) is 5.56 Å². The zero-order valence-corrected chi connectivity index (χ0v) is 14.6. The van der Waals surface area contributed by atoms with E-state index in [9.17, 15) is 4.39 Å². The molecule has 0 saturated carbocycles. The molecular weight excluding hydrogens is 396 g/mol. The van der Waals surface area contributed by atoms with Gasteiger partial charge in [-0.05, 0) is 17.7 Å². The summed E-state index contributed by atoms with van der Waals surface area (Å²) >= 11 is 0. The second kappa shape index (κ2) is 9.19. The molecule has 1 heterocycles. The number of hydrogen-bond acceptors (Lipinski definition) is 2. The van der Waals surface area contributed by atoms with Crippen LogP contribution in [-0.4, -0.2) is 29.1 Å². The van der Waals surface area contributed by atoms with Gasteiger partial charge >= 0.3 is 0 Å². The third-order valence-corrected chi connectivity index (χ3v) is 2.89. The number of rotatable bonds is 5. The fourth-order valence-corrected chi connectivity index (χ4v) is 1.85. The summed E-state index contributed by atoms with van der Waals surface area (Å²) in [6, 6.07) is 5.10. The van der Waals surface area contributed by atoms with Gasteiger partial charge in [0.1, 0.15) is 5.82 Å². The van der Waals surface area contributed by atoms with Gasteiger partial charge in [0.15, 0.2) is 5.96 Å². The number of nitrogens with zero attached hydrogens (tertiary/aromatic N) is 3. The molecule has 2 aromatic rings. The van der Waals surface area contributed by atoms with Gasteiger partial charge in [0.05, 0.1) is 12.0 Å². The minimum Gasteiger partial charge on any atom is -0.353 e. The van der Waals surface area contributed by atoms with E-state index in [1.165, 1.54) is 6.07 Å². The molecule has 1 aromatic carbocycles. The molecule has 0 aliphatic carbocycles. The highest BCUT2D eigenvalue weighted by Crippen LogP contribution is 2.14. The van der Waals surface area contributed by atoms with E-state index < -0.39 is 0 Å². The Labute approximate surface area is 146 Å². The van der Waals surface area contributed by atoms with Crippen LogP contribution in [0.4, 0.5) is 4.39 Å². The summed E-state index contributed by atoms with van der Waals surface area (Å²) in [5.41, 5.74) is 1.31. The summed E-state index contributed by atoms with van der Waals surface area (Å²) < 4.78 is 15.7. The van der Waals surface area contributed by atoms with Crippen molar-refractivity contribution in [2.75, 3.05) is 13.6 Å². The normalized spacial score (nSPS) is 10.7. The molecule has 118 valence electrons. The molecule has 0 bridgehead atoms. The van der Waals surface area contributed by atoms with Crippen LogP contribution < -0.4 is 10.6 Å². The average Bonchev–Trinajstić information content (AvgIpc) is 3.01. The third kappa shape index (κ3) is 4.83. The lowest BCUT2D eigenvalue weighted by molar-refractivity contribution is 0.615. The van der Waals surface area contributed by atoms with Crippen LogP contribution in [0, 0.1) is 5.82 Å². The summed E-state index contributed by atoms with van der Waals surface area (Å²) in [7, 11) is 1.68. The van der Waals surface area contributed by atoms with Gasteiger partial charge in [0.2, 0.25) is 0 Å². The lowest BCUT2D eigenvalue weighted by Gasteiger charge is -2.11. The van der Waals surface area contributed by atoms with Crippen molar-refractivity contribution in [3.63, 3.8) is 0 Å². The van der Waals surface area contributed by atoms with E-state index in [1.807, 2.05) is 6.07 Å². The fraction of sp³-hybridized carbons (Fsp3) is 0.200. The van der Waals surface area contributed by atoms with Gasteiger partial charge in [0.25, 0.3) is 0 Å². The van der Waals surface area contributed by atoms with E-state index >= 15 is 0 Å². The summed E-state index contributed by atoms with van der Waals surface area (Å²) in [4.78, 5) is 7.97. The Balaban J connectivity index is 0.00000242. The first-order valence-electron chi connectivity index (χ1n) is 6.56. The van der Waals surface area contributed by atoms with Crippen molar-refractivity contribution in [2.45, 2.75) is 6.54 Å². The second-order valence-corrected chi connectivity index (χ2v) is 4.35. The highest BCUT2D eigenvalue weighted by molar-refractivity contribution is 14.0. The smallest absolute Gasteiger partial charge is 0.191 e. The molecule has 7 heteroatoms. The fourth-order valence-electron chi connectivity index (χ4n) is 1.85. The number of hydrogen-bond donors (Lipinski definition) is 2. The standard InChI is InChI=1S/C15H18FN5.HI/c1-3-6-19-15(17-2)20-10-12-4-5-14(13(16)9-12)21-8-7-18-11-21;/h3-5,7-9,11H,1,6,10H2,2H3,(H2,17,19,20);1H. The van der Waals surface area contributed by atoms with Crippen LogP contribution in [0.25, 0.3) is 5.69 Å². The van der Waals surface area contributed by atoms with Gasteiger partial charge < -0.3 is 15.2 Å². The van der Waals surface area contributed by atoms with Crippen molar-refractivity contribution in [3.8, 4) is 5.69 Å². The van der Waals surface area contributed by atoms with Crippen LogP contribution in [0.3, 0.4) is 0 Å². The van der Waals surface area contributed by atoms with Crippen LogP contribution >= 0.6 is 24.0 Å². The van der Waals surface area contributed by atoms with Crippen molar-refractivity contribution in [3.05, 3.63) is 61.0 Å². The van der Waals surface area contributed by atoms with Crippen LogP contribution in [0.1, 0.15) is 5.56 Å². The van der Waals surface area contributed by atoms with E-state index in [2.05, 4.69) is 27.2 Å². The molecule has 0 unspecified atom stereocenters. The number of guanidine groups is 1. The molecule has 0 spiro atoms. The molecule has 5 nitrogen and oxygen atoms in total. The molecular formula is C15H19FIN5. The molecule has 0 fully saturated rings. The summed E-state index contributed by atoms with van der Waals surface area (Å²) in [5.74, 6) is 0.357. The number of aliphatic imine (C=N–C) groups is 1. The maximum atomic E-state index is 14.1. The summed E-state index contributed by atoms with van der Waals surface area (Å²) in [6.45, 7) is 4.73. The Morgan fingerprint density at radius 3 is 2.86 bits per heavy atom. The first-order chi connectivity index (χ1) is 10.2. The lowest BCUT2D eigenvalue weighted by Crippen LogP contribution is -2.36. The van der Waals surface area contributed by atoms with E-state index in [0.29, 0.717) is 24.7 Å². The zero-order valence-electron chi connectivity index (χ0n) is 12.3.